The standard InChI is InChI=1S/C16H34N2O/c1-4-6-13-19-14-12-18(3)16-9-7-15(8-10-16)17-11-5-2/h15-17H,4-14H2,1-3H3. The van der Waals surface area contributed by atoms with E-state index in [4.69, 9.17) is 4.74 Å². The van der Waals surface area contributed by atoms with Crippen molar-refractivity contribution in [3.05, 3.63) is 0 Å². The summed E-state index contributed by atoms with van der Waals surface area (Å²) in [5.41, 5.74) is 0. The van der Waals surface area contributed by atoms with Gasteiger partial charge in [-0.1, -0.05) is 20.3 Å². The fourth-order valence-corrected chi connectivity index (χ4v) is 2.81. The zero-order valence-electron chi connectivity index (χ0n) is 13.3. The van der Waals surface area contributed by atoms with E-state index in [0.717, 1.165) is 31.8 Å². The Bertz CT molecular complexity index is 203. The molecule has 1 fully saturated rings. The molecule has 1 saturated carbocycles. The fourth-order valence-electron chi connectivity index (χ4n) is 2.81. The van der Waals surface area contributed by atoms with Crippen molar-refractivity contribution in [2.75, 3.05) is 33.4 Å². The molecule has 114 valence electrons. The van der Waals surface area contributed by atoms with Crippen molar-refractivity contribution < 1.29 is 4.74 Å². The molecule has 1 aliphatic rings. The highest BCUT2D eigenvalue weighted by Crippen LogP contribution is 2.22. The zero-order chi connectivity index (χ0) is 13.9. The summed E-state index contributed by atoms with van der Waals surface area (Å²) in [5.74, 6) is 0. The van der Waals surface area contributed by atoms with Crippen LogP contribution in [-0.4, -0.2) is 50.3 Å². The van der Waals surface area contributed by atoms with Gasteiger partial charge in [-0.05, 0) is 52.1 Å². The third kappa shape index (κ3) is 7.28. The molecule has 1 rings (SSSR count). The molecule has 0 unspecified atom stereocenters. The van der Waals surface area contributed by atoms with Crippen LogP contribution in [-0.2, 0) is 4.74 Å². The molecule has 0 aliphatic heterocycles. The Kier molecular flexibility index (Phi) is 9.48. The first-order valence-electron chi connectivity index (χ1n) is 8.29. The molecule has 0 aromatic carbocycles. The van der Waals surface area contributed by atoms with Gasteiger partial charge in [-0.15, -0.1) is 0 Å². The van der Waals surface area contributed by atoms with Crippen molar-refractivity contribution in [2.24, 2.45) is 0 Å². The monoisotopic (exact) mass is 270 g/mol. The van der Waals surface area contributed by atoms with Crippen LogP contribution in [0.25, 0.3) is 0 Å². The summed E-state index contributed by atoms with van der Waals surface area (Å²) in [4.78, 5) is 2.50. The van der Waals surface area contributed by atoms with Gasteiger partial charge in [-0.25, -0.2) is 0 Å². The predicted molar refractivity (Wildman–Crippen MR) is 82.7 cm³/mol. The summed E-state index contributed by atoms with van der Waals surface area (Å²) in [7, 11) is 2.26. The molecule has 0 radical (unpaired) electrons. The lowest BCUT2D eigenvalue weighted by molar-refractivity contribution is 0.0855. The largest absolute Gasteiger partial charge is 0.380 e. The van der Waals surface area contributed by atoms with Crippen molar-refractivity contribution >= 4 is 0 Å². The highest BCUT2D eigenvalue weighted by Gasteiger charge is 2.23. The first kappa shape index (κ1) is 16.9. The van der Waals surface area contributed by atoms with Crippen LogP contribution in [0.4, 0.5) is 0 Å². The Morgan fingerprint density at radius 2 is 1.79 bits per heavy atom. The van der Waals surface area contributed by atoms with Crippen LogP contribution >= 0.6 is 0 Å². The van der Waals surface area contributed by atoms with Gasteiger partial charge < -0.3 is 15.0 Å². The third-order valence-corrected chi connectivity index (χ3v) is 4.23. The van der Waals surface area contributed by atoms with Gasteiger partial charge >= 0.3 is 0 Å². The van der Waals surface area contributed by atoms with E-state index in [0.29, 0.717) is 0 Å². The van der Waals surface area contributed by atoms with E-state index in [-0.39, 0.29) is 0 Å². The summed E-state index contributed by atoms with van der Waals surface area (Å²) < 4.78 is 5.66. The Balaban J connectivity index is 2.06. The van der Waals surface area contributed by atoms with Gasteiger partial charge in [-0.2, -0.15) is 0 Å². The maximum atomic E-state index is 5.66. The Morgan fingerprint density at radius 3 is 2.42 bits per heavy atom. The van der Waals surface area contributed by atoms with Crippen molar-refractivity contribution in [3.63, 3.8) is 0 Å². The van der Waals surface area contributed by atoms with Crippen molar-refractivity contribution in [1.29, 1.82) is 0 Å². The Morgan fingerprint density at radius 1 is 1.05 bits per heavy atom. The van der Waals surface area contributed by atoms with Gasteiger partial charge in [-0.3, -0.25) is 0 Å². The molecular weight excluding hydrogens is 236 g/mol. The van der Waals surface area contributed by atoms with E-state index in [2.05, 4.69) is 31.1 Å². The summed E-state index contributed by atoms with van der Waals surface area (Å²) in [6.45, 7) is 8.53. The minimum absolute atomic E-state index is 0.769. The quantitative estimate of drug-likeness (QED) is 0.618. The van der Waals surface area contributed by atoms with Crippen molar-refractivity contribution in [2.45, 2.75) is 70.9 Å². The van der Waals surface area contributed by atoms with Crippen molar-refractivity contribution in [3.8, 4) is 0 Å². The lowest BCUT2D eigenvalue weighted by Gasteiger charge is -2.35. The number of rotatable bonds is 10. The number of hydrogen-bond acceptors (Lipinski definition) is 3. The zero-order valence-corrected chi connectivity index (χ0v) is 13.3. The van der Waals surface area contributed by atoms with Crippen LogP contribution in [0.3, 0.4) is 0 Å². The van der Waals surface area contributed by atoms with E-state index in [9.17, 15) is 0 Å². The van der Waals surface area contributed by atoms with Crippen LogP contribution in [0.15, 0.2) is 0 Å². The minimum Gasteiger partial charge on any atom is -0.380 e. The molecule has 1 N–H and O–H groups in total. The maximum absolute atomic E-state index is 5.66. The van der Waals surface area contributed by atoms with Gasteiger partial charge in [0.25, 0.3) is 0 Å². The second-order valence-corrected chi connectivity index (χ2v) is 5.91. The average molecular weight is 270 g/mol. The van der Waals surface area contributed by atoms with E-state index in [1.165, 1.54) is 51.5 Å². The number of ether oxygens (including phenoxy) is 1. The molecule has 3 nitrogen and oxygen atoms in total. The van der Waals surface area contributed by atoms with Crippen LogP contribution in [0.1, 0.15) is 58.8 Å². The summed E-state index contributed by atoms with van der Waals surface area (Å²) in [5, 5.41) is 3.65. The highest BCUT2D eigenvalue weighted by atomic mass is 16.5. The first-order valence-corrected chi connectivity index (χ1v) is 8.29. The number of hydrogen-bond donors (Lipinski definition) is 1. The molecule has 0 saturated heterocycles. The average Bonchev–Trinajstić information content (AvgIpc) is 2.45. The van der Waals surface area contributed by atoms with E-state index in [1.807, 2.05) is 0 Å². The van der Waals surface area contributed by atoms with E-state index >= 15 is 0 Å². The minimum atomic E-state index is 0.769. The molecule has 0 spiro atoms. The fraction of sp³-hybridized carbons (Fsp3) is 1.00. The molecular formula is C16H34N2O. The van der Waals surface area contributed by atoms with Gasteiger partial charge in [0.1, 0.15) is 0 Å². The Labute approximate surface area is 120 Å². The van der Waals surface area contributed by atoms with Crippen LogP contribution in [0, 0.1) is 0 Å². The topological polar surface area (TPSA) is 24.5 Å². The Hall–Kier alpha value is -0.120. The predicted octanol–water partition coefficient (Wildman–Crippen LogP) is 3.05. The molecule has 0 bridgehead atoms. The summed E-state index contributed by atoms with van der Waals surface area (Å²) in [6, 6.07) is 1.54. The van der Waals surface area contributed by atoms with E-state index < -0.39 is 0 Å². The number of unbranched alkanes of at least 4 members (excludes halogenated alkanes) is 1. The summed E-state index contributed by atoms with van der Waals surface area (Å²) >= 11 is 0. The van der Waals surface area contributed by atoms with Crippen LogP contribution < -0.4 is 5.32 Å². The van der Waals surface area contributed by atoms with Crippen LogP contribution in [0.2, 0.25) is 0 Å². The summed E-state index contributed by atoms with van der Waals surface area (Å²) in [6.07, 6.45) is 9.02. The SMILES string of the molecule is CCCCOCCN(C)C1CCC(NCCC)CC1. The highest BCUT2D eigenvalue weighted by molar-refractivity contribution is 4.81. The third-order valence-electron chi connectivity index (χ3n) is 4.23. The molecule has 3 heteroatoms. The van der Waals surface area contributed by atoms with Crippen molar-refractivity contribution in [1.82, 2.24) is 10.2 Å². The number of nitrogens with one attached hydrogen (secondary N) is 1. The lowest BCUT2D eigenvalue weighted by Crippen LogP contribution is -2.42. The molecule has 0 heterocycles. The van der Waals surface area contributed by atoms with Gasteiger partial charge in [0.05, 0.1) is 6.61 Å². The smallest absolute Gasteiger partial charge is 0.0593 e. The molecule has 0 amide bonds. The second-order valence-electron chi connectivity index (χ2n) is 5.91. The number of nitrogens with zero attached hydrogens (tertiary/aromatic N) is 1. The van der Waals surface area contributed by atoms with E-state index in [1.54, 1.807) is 0 Å². The lowest BCUT2D eigenvalue weighted by atomic mass is 9.90. The normalized spacial score (nSPS) is 24.0. The maximum Gasteiger partial charge on any atom is 0.0593 e. The molecule has 1 aliphatic carbocycles. The van der Waals surface area contributed by atoms with Gasteiger partial charge in [0, 0.05) is 25.2 Å². The molecule has 0 aromatic heterocycles. The second kappa shape index (κ2) is 10.6. The molecule has 0 atom stereocenters. The molecule has 0 aromatic rings. The number of likely N-dealkylation sites (N-methyl/N-ethyl adjacent to an activating group) is 1. The van der Waals surface area contributed by atoms with Gasteiger partial charge in [0.15, 0.2) is 0 Å². The molecule has 19 heavy (non-hydrogen) atoms. The first-order chi connectivity index (χ1) is 9.27. The van der Waals surface area contributed by atoms with Gasteiger partial charge in [0.2, 0.25) is 0 Å². The van der Waals surface area contributed by atoms with Crippen LogP contribution in [0.5, 0.6) is 0 Å².